The van der Waals surface area contributed by atoms with E-state index in [9.17, 15) is 18.7 Å². The summed E-state index contributed by atoms with van der Waals surface area (Å²) in [5.41, 5.74) is -0.579. The Hall–Kier alpha value is -3.51. The molecule has 7 nitrogen and oxygen atoms in total. The average molecular weight is 453 g/mol. The van der Waals surface area contributed by atoms with Crippen molar-refractivity contribution in [3.63, 3.8) is 0 Å². The van der Waals surface area contributed by atoms with Crippen molar-refractivity contribution in [3.8, 4) is 12.8 Å². The van der Waals surface area contributed by atoms with Gasteiger partial charge in [0.25, 0.3) is 5.91 Å². The van der Waals surface area contributed by atoms with Crippen molar-refractivity contribution in [1.29, 1.82) is 0 Å². The van der Waals surface area contributed by atoms with Crippen molar-refractivity contribution < 1.29 is 18.7 Å². The number of fused-ring (bicyclic) bond motifs is 1. The van der Waals surface area contributed by atoms with E-state index in [1.165, 1.54) is 22.8 Å². The van der Waals surface area contributed by atoms with Crippen molar-refractivity contribution in [1.82, 2.24) is 19.5 Å². The molecule has 2 aliphatic rings. The number of anilines is 1. The molecular weight excluding hydrogens is 428 g/mol. The Morgan fingerprint density at radius 1 is 1.15 bits per heavy atom. The van der Waals surface area contributed by atoms with Crippen LogP contribution in [0.2, 0.25) is 0 Å². The zero-order valence-corrected chi connectivity index (χ0v) is 18.1. The minimum atomic E-state index is -1.48. The molecule has 1 amide bonds. The summed E-state index contributed by atoms with van der Waals surface area (Å²) >= 11 is 0. The monoisotopic (exact) mass is 453 g/mol. The first kappa shape index (κ1) is 22.7. The number of aromatic nitrogens is 3. The zero-order valence-electron chi connectivity index (χ0n) is 18.1. The number of aliphatic hydroxyl groups is 1. The second kappa shape index (κ2) is 9.16. The minimum Gasteiger partial charge on any atom is -0.380 e. The van der Waals surface area contributed by atoms with Crippen LogP contribution in [0, 0.1) is 24.5 Å². The van der Waals surface area contributed by atoms with Gasteiger partial charge in [0.05, 0.1) is 12.2 Å². The fourth-order valence-electron chi connectivity index (χ4n) is 4.75. The van der Waals surface area contributed by atoms with Crippen LogP contribution in [0.5, 0.6) is 0 Å². The highest BCUT2D eigenvalue weighted by molar-refractivity contribution is 5.86. The van der Waals surface area contributed by atoms with Crippen LogP contribution in [0.25, 0.3) is 5.65 Å². The molecule has 4 heterocycles. The lowest BCUT2D eigenvalue weighted by molar-refractivity contribution is -0.154. The molecule has 3 aromatic rings. The number of carbonyl (C=O) groups excluding carboxylic acids is 1. The van der Waals surface area contributed by atoms with Crippen LogP contribution >= 0.6 is 0 Å². The molecule has 2 aromatic heterocycles. The van der Waals surface area contributed by atoms with Gasteiger partial charge in [0, 0.05) is 38.7 Å². The Labute approximate surface area is 190 Å². The molecule has 2 aliphatic heterocycles. The molecule has 0 radical (unpaired) electrons. The van der Waals surface area contributed by atoms with E-state index in [0.717, 1.165) is 24.6 Å². The molecule has 1 atom stereocenters. The third kappa shape index (κ3) is 4.14. The quantitative estimate of drug-likeness (QED) is 0.618. The topological polar surface area (TPSA) is 74.0 Å². The number of likely N-dealkylation sites (tertiary alicyclic amines) is 1. The second-order valence-electron chi connectivity index (χ2n) is 8.26. The highest BCUT2D eigenvalue weighted by atomic mass is 19.1. The lowest BCUT2D eigenvalue weighted by atomic mass is 9.89. The molecule has 0 bridgehead atoms. The van der Waals surface area contributed by atoms with E-state index in [1.54, 1.807) is 17.0 Å². The largest absolute Gasteiger partial charge is 0.380 e. The number of halogens is 2. The van der Waals surface area contributed by atoms with E-state index in [0.29, 0.717) is 25.5 Å². The van der Waals surface area contributed by atoms with Gasteiger partial charge in [-0.25, -0.2) is 13.8 Å². The van der Waals surface area contributed by atoms with Crippen LogP contribution < -0.4 is 4.90 Å². The third-order valence-electron chi connectivity index (χ3n) is 6.40. The Bertz CT molecular complexity index is 1170. The molecule has 0 saturated carbocycles. The van der Waals surface area contributed by atoms with E-state index in [-0.39, 0.29) is 36.3 Å². The smallest absolute Gasteiger partial charge is 0.255 e. The molecule has 0 unspecified atom stereocenters. The number of amides is 1. The van der Waals surface area contributed by atoms with Gasteiger partial charge in [-0.2, -0.15) is 9.61 Å². The van der Waals surface area contributed by atoms with Gasteiger partial charge in [-0.15, -0.1) is 12.8 Å². The lowest BCUT2D eigenvalue weighted by Gasteiger charge is -2.41. The summed E-state index contributed by atoms with van der Waals surface area (Å²) in [7, 11) is 0. The number of carbonyl (C=O) groups is 1. The molecule has 0 aliphatic carbocycles. The average Bonchev–Trinajstić information content (AvgIpc) is 3.48. The molecular formula is C24H25F2N5O2. The van der Waals surface area contributed by atoms with Gasteiger partial charge in [-0.3, -0.25) is 4.79 Å². The van der Waals surface area contributed by atoms with Crippen molar-refractivity contribution in [2.75, 3.05) is 24.5 Å². The number of hydrogen-bond acceptors (Lipinski definition) is 5. The summed E-state index contributed by atoms with van der Waals surface area (Å²) < 4.78 is 29.0. The van der Waals surface area contributed by atoms with E-state index in [4.69, 9.17) is 0 Å². The molecule has 33 heavy (non-hydrogen) atoms. The van der Waals surface area contributed by atoms with Crippen molar-refractivity contribution in [2.45, 2.75) is 37.3 Å². The fourth-order valence-corrected chi connectivity index (χ4v) is 4.75. The lowest BCUT2D eigenvalue weighted by Crippen LogP contribution is -2.55. The molecule has 172 valence electrons. The molecule has 5 rings (SSSR count). The van der Waals surface area contributed by atoms with Crippen LogP contribution in [0.15, 0.2) is 42.7 Å². The second-order valence-corrected chi connectivity index (χ2v) is 8.26. The summed E-state index contributed by atoms with van der Waals surface area (Å²) in [6.45, 7) is 1.38. The van der Waals surface area contributed by atoms with Gasteiger partial charge >= 0.3 is 0 Å². The molecule has 1 N–H and O–H groups in total. The van der Waals surface area contributed by atoms with E-state index in [2.05, 4.69) is 22.9 Å². The Morgan fingerprint density at radius 3 is 2.64 bits per heavy atom. The third-order valence-corrected chi connectivity index (χ3v) is 6.40. The van der Waals surface area contributed by atoms with E-state index >= 15 is 0 Å². The molecule has 1 aromatic carbocycles. The maximum absolute atomic E-state index is 13.8. The number of hydrogen-bond donors (Lipinski definition) is 1. The molecule has 0 spiro atoms. The first-order valence-electron chi connectivity index (χ1n) is 10.8. The number of terminal acetylenes is 1. The van der Waals surface area contributed by atoms with Crippen LogP contribution in [-0.2, 0) is 4.79 Å². The van der Waals surface area contributed by atoms with Gasteiger partial charge in [0.15, 0.2) is 11.5 Å². The minimum absolute atomic E-state index is 0.143. The van der Waals surface area contributed by atoms with Crippen LogP contribution in [-0.4, -0.2) is 55.7 Å². The maximum atomic E-state index is 13.8. The molecule has 2 saturated heterocycles. The summed E-state index contributed by atoms with van der Waals surface area (Å²) in [4.78, 5) is 21.0. The zero-order chi connectivity index (χ0) is 23.6. The van der Waals surface area contributed by atoms with Crippen molar-refractivity contribution in [2.24, 2.45) is 0 Å². The fraction of sp³-hybridized carbons (Fsp3) is 0.375. The first-order chi connectivity index (χ1) is 16.0. The maximum Gasteiger partial charge on any atom is 0.255 e. The SMILES string of the molecule is C#C.O=C(N1CCC[C@H]1c1cccc(F)c1)C1(O)CCN(c2ccnc3c(F)cnn23)CC1. The van der Waals surface area contributed by atoms with Gasteiger partial charge < -0.3 is 14.9 Å². The number of benzene rings is 1. The highest BCUT2D eigenvalue weighted by Crippen LogP contribution is 2.36. The van der Waals surface area contributed by atoms with Crippen molar-refractivity contribution >= 4 is 17.4 Å². The normalized spacial score (nSPS) is 19.8. The van der Waals surface area contributed by atoms with Crippen molar-refractivity contribution in [3.05, 3.63) is 59.9 Å². The Morgan fingerprint density at radius 2 is 1.91 bits per heavy atom. The Kier molecular flexibility index (Phi) is 6.29. The number of rotatable bonds is 3. The van der Waals surface area contributed by atoms with Gasteiger partial charge in [-0.05, 0) is 36.6 Å². The van der Waals surface area contributed by atoms with Gasteiger partial charge in [-0.1, -0.05) is 12.1 Å². The van der Waals surface area contributed by atoms with Crippen LogP contribution in [0.4, 0.5) is 14.6 Å². The highest BCUT2D eigenvalue weighted by Gasteiger charge is 2.45. The first-order valence-corrected chi connectivity index (χ1v) is 10.8. The predicted octanol–water partition coefficient (Wildman–Crippen LogP) is 2.95. The molecule has 9 heteroatoms. The van der Waals surface area contributed by atoms with E-state index in [1.807, 2.05) is 11.0 Å². The number of nitrogens with zero attached hydrogens (tertiary/aromatic N) is 5. The van der Waals surface area contributed by atoms with E-state index < -0.39 is 11.4 Å². The summed E-state index contributed by atoms with van der Waals surface area (Å²) in [6.07, 6.45) is 12.7. The number of piperidine rings is 1. The Balaban J connectivity index is 0.00000126. The van der Waals surface area contributed by atoms with Crippen LogP contribution in [0.1, 0.15) is 37.3 Å². The van der Waals surface area contributed by atoms with Gasteiger partial charge in [0.1, 0.15) is 17.2 Å². The molecule has 2 fully saturated rings. The summed E-state index contributed by atoms with van der Waals surface area (Å²) in [5, 5.41) is 15.3. The summed E-state index contributed by atoms with van der Waals surface area (Å²) in [5.74, 6) is -0.461. The summed E-state index contributed by atoms with van der Waals surface area (Å²) in [6, 6.07) is 7.83. The standard InChI is InChI=1S/C22H23F2N5O2.C2H2/c23-16-4-1-3-15(13-16)18-5-2-10-28(18)21(30)22(31)7-11-27(12-8-22)19-6-9-25-20-17(24)14-26-29(19)20;1-2/h1,3-4,6,9,13-14,18,31H,2,5,7-8,10-12H2;1-2H/t18-;/m0./s1. The van der Waals surface area contributed by atoms with Crippen LogP contribution in [0.3, 0.4) is 0 Å². The van der Waals surface area contributed by atoms with Gasteiger partial charge in [0.2, 0.25) is 0 Å². The predicted molar refractivity (Wildman–Crippen MR) is 119 cm³/mol.